The molecule has 1 atom stereocenters. The Morgan fingerprint density at radius 1 is 0.812 bits per heavy atom. The van der Waals surface area contributed by atoms with E-state index in [1.807, 2.05) is 29.2 Å². The highest BCUT2D eigenvalue weighted by Gasteiger charge is 2.24. The smallest absolute Gasteiger partial charge is 0.253 e. The van der Waals surface area contributed by atoms with Crippen LogP contribution in [0.5, 0.6) is 0 Å². The second-order valence-corrected chi connectivity index (χ2v) is 8.63. The molecule has 1 N–H and O–H groups in total. The summed E-state index contributed by atoms with van der Waals surface area (Å²) in [4.78, 5) is 14.9. The van der Waals surface area contributed by atoms with Crippen LogP contribution in [0.4, 0.5) is 0 Å². The molecular weight excluding hydrogens is 394 g/mol. The van der Waals surface area contributed by atoms with E-state index in [2.05, 4.69) is 66.7 Å². The Bertz CT molecular complexity index is 1250. The first-order chi connectivity index (χ1) is 15.7. The van der Waals surface area contributed by atoms with Gasteiger partial charge in [-0.05, 0) is 70.0 Å². The molecule has 0 aromatic heterocycles. The minimum Gasteiger partial charge on any atom is -0.396 e. The van der Waals surface area contributed by atoms with Crippen LogP contribution in [-0.2, 0) is 0 Å². The molecule has 4 aromatic carbocycles. The Morgan fingerprint density at radius 3 is 2.28 bits per heavy atom. The first kappa shape index (κ1) is 20.5. The molecule has 1 fully saturated rings. The standard InChI is InChI=1S/C29H27NO2/c31-20-21-7-6-16-30(19-21)29(32)26-15-13-23-17-25(14-12-24(23)18-26)28-11-5-4-10-27(28)22-8-2-1-3-9-22/h1-5,8-15,17-18,21,31H,6-7,16,19-20H2. The monoisotopic (exact) mass is 421 g/mol. The molecule has 32 heavy (non-hydrogen) atoms. The zero-order valence-corrected chi connectivity index (χ0v) is 18.1. The van der Waals surface area contributed by atoms with Gasteiger partial charge in [-0.2, -0.15) is 0 Å². The van der Waals surface area contributed by atoms with Crippen molar-refractivity contribution in [2.75, 3.05) is 19.7 Å². The molecule has 1 aliphatic heterocycles. The van der Waals surface area contributed by atoms with Crippen molar-refractivity contribution in [3.05, 3.63) is 96.6 Å². The highest BCUT2D eigenvalue weighted by molar-refractivity contribution is 6.00. The van der Waals surface area contributed by atoms with E-state index in [0.717, 1.165) is 35.7 Å². The molecule has 1 saturated heterocycles. The first-order valence-corrected chi connectivity index (χ1v) is 11.3. The largest absolute Gasteiger partial charge is 0.396 e. The minimum absolute atomic E-state index is 0.0588. The van der Waals surface area contributed by atoms with Gasteiger partial charge in [0.15, 0.2) is 0 Å². The third-order valence-electron chi connectivity index (χ3n) is 6.47. The Kier molecular flexibility index (Phi) is 5.74. The quantitative estimate of drug-likeness (QED) is 0.438. The van der Waals surface area contributed by atoms with E-state index in [-0.39, 0.29) is 18.4 Å². The van der Waals surface area contributed by atoms with Crippen LogP contribution in [0, 0.1) is 5.92 Å². The summed E-state index contributed by atoms with van der Waals surface area (Å²) >= 11 is 0. The van der Waals surface area contributed by atoms with Gasteiger partial charge >= 0.3 is 0 Å². The number of hydrogen-bond acceptors (Lipinski definition) is 2. The number of likely N-dealkylation sites (tertiary alicyclic amines) is 1. The molecule has 1 unspecified atom stereocenters. The summed E-state index contributed by atoms with van der Waals surface area (Å²) in [7, 11) is 0. The summed E-state index contributed by atoms with van der Waals surface area (Å²) in [5.74, 6) is 0.254. The normalized spacial score (nSPS) is 16.3. The van der Waals surface area contributed by atoms with Gasteiger partial charge in [0.2, 0.25) is 0 Å². The van der Waals surface area contributed by atoms with Crippen molar-refractivity contribution in [3.8, 4) is 22.3 Å². The van der Waals surface area contributed by atoms with Crippen molar-refractivity contribution >= 4 is 16.7 Å². The van der Waals surface area contributed by atoms with E-state index in [1.165, 1.54) is 16.7 Å². The fourth-order valence-electron chi connectivity index (χ4n) is 4.73. The van der Waals surface area contributed by atoms with E-state index in [1.54, 1.807) is 0 Å². The van der Waals surface area contributed by atoms with Crippen molar-refractivity contribution in [1.29, 1.82) is 0 Å². The topological polar surface area (TPSA) is 40.5 Å². The molecule has 4 aromatic rings. The van der Waals surface area contributed by atoms with Crippen LogP contribution in [0.25, 0.3) is 33.0 Å². The highest BCUT2D eigenvalue weighted by atomic mass is 16.3. The van der Waals surface area contributed by atoms with Gasteiger partial charge in [0.1, 0.15) is 0 Å². The molecular formula is C29H27NO2. The minimum atomic E-state index is 0.0588. The number of aliphatic hydroxyl groups excluding tert-OH is 1. The van der Waals surface area contributed by atoms with Crippen LogP contribution in [0.2, 0.25) is 0 Å². The van der Waals surface area contributed by atoms with Gasteiger partial charge in [0, 0.05) is 25.3 Å². The van der Waals surface area contributed by atoms with Crippen molar-refractivity contribution in [1.82, 2.24) is 4.90 Å². The Labute approximate surface area is 188 Å². The molecule has 1 heterocycles. The number of carbonyl (C=O) groups is 1. The maximum atomic E-state index is 13.0. The molecule has 5 rings (SSSR count). The number of benzene rings is 4. The van der Waals surface area contributed by atoms with Crippen LogP contribution in [0.3, 0.4) is 0 Å². The van der Waals surface area contributed by atoms with Gasteiger partial charge in [-0.25, -0.2) is 0 Å². The van der Waals surface area contributed by atoms with E-state index >= 15 is 0 Å². The average Bonchev–Trinajstić information content (AvgIpc) is 2.88. The van der Waals surface area contributed by atoms with Crippen molar-refractivity contribution in [2.24, 2.45) is 5.92 Å². The Hall–Kier alpha value is -3.43. The molecule has 0 radical (unpaired) electrons. The molecule has 0 spiro atoms. The number of rotatable bonds is 4. The van der Waals surface area contributed by atoms with E-state index in [0.29, 0.717) is 12.1 Å². The third-order valence-corrected chi connectivity index (χ3v) is 6.47. The molecule has 0 aliphatic carbocycles. The predicted octanol–water partition coefficient (Wildman–Crippen LogP) is 6.02. The second-order valence-electron chi connectivity index (χ2n) is 8.63. The lowest BCUT2D eigenvalue weighted by molar-refractivity contribution is 0.0621. The Morgan fingerprint density at radius 2 is 1.50 bits per heavy atom. The van der Waals surface area contributed by atoms with Gasteiger partial charge in [0.05, 0.1) is 0 Å². The fraction of sp³-hybridized carbons (Fsp3) is 0.207. The van der Waals surface area contributed by atoms with Crippen LogP contribution >= 0.6 is 0 Å². The van der Waals surface area contributed by atoms with E-state index < -0.39 is 0 Å². The highest BCUT2D eigenvalue weighted by Crippen LogP contribution is 2.33. The van der Waals surface area contributed by atoms with Gasteiger partial charge in [0.25, 0.3) is 5.91 Å². The van der Waals surface area contributed by atoms with Crippen LogP contribution in [0.1, 0.15) is 23.2 Å². The van der Waals surface area contributed by atoms with Crippen LogP contribution in [-0.4, -0.2) is 35.6 Å². The summed E-state index contributed by atoms with van der Waals surface area (Å²) in [6.45, 7) is 1.56. The van der Waals surface area contributed by atoms with Crippen molar-refractivity contribution in [2.45, 2.75) is 12.8 Å². The summed E-state index contributed by atoms with van der Waals surface area (Å²) in [6.07, 6.45) is 1.94. The summed E-state index contributed by atoms with van der Waals surface area (Å²) in [6, 6.07) is 31.3. The molecule has 3 heteroatoms. The van der Waals surface area contributed by atoms with Gasteiger partial charge in [-0.15, -0.1) is 0 Å². The number of aliphatic hydroxyl groups is 1. The number of hydrogen-bond donors (Lipinski definition) is 1. The maximum Gasteiger partial charge on any atom is 0.253 e. The van der Waals surface area contributed by atoms with Gasteiger partial charge < -0.3 is 10.0 Å². The number of piperidine rings is 1. The average molecular weight is 422 g/mol. The zero-order chi connectivity index (χ0) is 21.9. The third kappa shape index (κ3) is 4.04. The number of fused-ring (bicyclic) bond motifs is 1. The van der Waals surface area contributed by atoms with Crippen LogP contribution < -0.4 is 0 Å². The molecule has 0 bridgehead atoms. The summed E-state index contributed by atoms with van der Waals surface area (Å²) < 4.78 is 0. The van der Waals surface area contributed by atoms with Crippen molar-refractivity contribution < 1.29 is 9.90 Å². The zero-order valence-electron chi connectivity index (χ0n) is 18.1. The number of carbonyl (C=O) groups excluding carboxylic acids is 1. The molecule has 160 valence electrons. The molecule has 1 aliphatic rings. The number of amides is 1. The molecule has 0 saturated carbocycles. The first-order valence-electron chi connectivity index (χ1n) is 11.3. The summed E-state index contributed by atoms with van der Waals surface area (Å²) in [5, 5.41) is 11.7. The van der Waals surface area contributed by atoms with E-state index in [9.17, 15) is 9.90 Å². The van der Waals surface area contributed by atoms with Gasteiger partial charge in [-0.3, -0.25) is 4.79 Å². The van der Waals surface area contributed by atoms with E-state index in [4.69, 9.17) is 0 Å². The lowest BCUT2D eigenvalue weighted by Crippen LogP contribution is -2.40. The maximum absolute atomic E-state index is 13.0. The molecule has 3 nitrogen and oxygen atoms in total. The fourth-order valence-corrected chi connectivity index (χ4v) is 4.73. The lowest BCUT2D eigenvalue weighted by Gasteiger charge is -2.32. The number of nitrogens with zero attached hydrogens (tertiary/aromatic N) is 1. The SMILES string of the molecule is O=C(c1ccc2cc(-c3ccccc3-c3ccccc3)ccc2c1)N1CCCC(CO)C1. The lowest BCUT2D eigenvalue weighted by atomic mass is 9.93. The van der Waals surface area contributed by atoms with Crippen molar-refractivity contribution in [3.63, 3.8) is 0 Å². The summed E-state index contributed by atoms with van der Waals surface area (Å²) in [5.41, 5.74) is 5.49. The predicted molar refractivity (Wildman–Crippen MR) is 131 cm³/mol. The second kappa shape index (κ2) is 8.97. The van der Waals surface area contributed by atoms with Gasteiger partial charge in [-0.1, -0.05) is 72.8 Å². The van der Waals surface area contributed by atoms with Crippen LogP contribution in [0.15, 0.2) is 91.0 Å². The Balaban J connectivity index is 1.46. The molecule has 1 amide bonds.